The predicted octanol–water partition coefficient (Wildman–Crippen LogP) is 3.27. The third-order valence-corrected chi connectivity index (χ3v) is 2.51. The van der Waals surface area contributed by atoms with E-state index in [1.54, 1.807) is 12.1 Å². The van der Waals surface area contributed by atoms with Crippen LogP contribution >= 0.6 is 15.9 Å². The van der Waals surface area contributed by atoms with Crippen molar-refractivity contribution >= 4 is 15.9 Å². The Morgan fingerprint density at radius 3 is 2.91 bits per heavy atom. The zero-order chi connectivity index (χ0) is 7.84. The first-order chi connectivity index (χ1) is 5.29. The molecule has 2 rings (SSSR count). The highest BCUT2D eigenvalue weighted by atomic mass is 79.9. The van der Waals surface area contributed by atoms with Gasteiger partial charge >= 0.3 is 0 Å². The summed E-state index contributed by atoms with van der Waals surface area (Å²) in [6.07, 6.45) is 2.23. The minimum absolute atomic E-state index is 0.130. The highest BCUT2D eigenvalue weighted by molar-refractivity contribution is 9.10. The molecule has 0 aliphatic heterocycles. The molecule has 0 heterocycles. The molecule has 0 unspecified atom stereocenters. The standard InChI is InChI=1S/C9H7BrF/c10-8-3-1-2-7(9(8)11)6-4-5-6/h1,3,6H,4-5H2. The topological polar surface area (TPSA) is 0 Å². The van der Waals surface area contributed by atoms with Crippen LogP contribution in [0.25, 0.3) is 0 Å². The van der Waals surface area contributed by atoms with Crippen molar-refractivity contribution in [3.8, 4) is 0 Å². The summed E-state index contributed by atoms with van der Waals surface area (Å²) in [5.41, 5.74) is 0.749. The van der Waals surface area contributed by atoms with E-state index >= 15 is 0 Å². The Hall–Kier alpha value is -0.370. The fourth-order valence-corrected chi connectivity index (χ4v) is 1.48. The molecule has 1 fully saturated rings. The van der Waals surface area contributed by atoms with Crippen LogP contribution < -0.4 is 0 Å². The van der Waals surface area contributed by atoms with Gasteiger partial charge < -0.3 is 0 Å². The van der Waals surface area contributed by atoms with E-state index < -0.39 is 0 Å². The fourth-order valence-electron chi connectivity index (χ4n) is 1.14. The minimum Gasteiger partial charge on any atom is -0.205 e. The average molecular weight is 214 g/mol. The van der Waals surface area contributed by atoms with Crippen molar-refractivity contribution in [3.05, 3.63) is 34.1 Å². The van der Waals surface area contributed by atoms with E-state index in [1.165, 1.54) is 0 Å². The van der Waals surface area contributed by atoms with Crippen LogP contribution in [-0.2, 0) is 0 Å². The van der Waals surface area contributed by atoms with Crippen molar-refractivity contribution in [3.63, 3.8) is 0 Å². The van der Waals surface area contributed by atoms with Crippen molar-refractivity contribution in [1.82, 2.24) is 0 Å². The van der Waals surface area contributed by atoms with Crippen LogP contribution in [0.3, 0.4) is 0 Å². The lowest BCUT2D eigenvalue weighted by molar-refractivity contribution is 0.603. The lowest BCUT2D eigenvalue weighted by Gasteiger charge is -2.00. The second-order valence-electron chi connectivity index (χ2n) is 2.83. The molecule has 57 valence electrons. The van der Waals surface area contributed by atoms with Crippen molar-refractivity contribution in [2.24, 2.45) is 0 Å². The Labute approximate surface area is 73.6 Å². The summed E-state index contributed by atoms with van der Waals surface area (Å²) in [5, 5.41) is 0. The van der Waals surface area contributed by atoms with Gasteiger partial charge in [-0.3, -0.25) is 0 Å². The maximum Gasteiger partial charge on any atom is 0.141 e. The van der Waals surface area contributed by atoms with Crippen molar-refractivity contribution in [1.29, 1.82) is 0 Å². The Balaban J connectivity index is 2.45. The zero-order valence-corrected chi connectivity index (χ0v) is 7.49. The molecule has 0 spiro atoms. The molecule has 2 heteroatoms. The van der Waals surface area contributed by atoms with Gasteiger partial charge in [0.2, 0.25) is 0 Å². The summed E-state index contributed by atoms with van der Waals surface area (Å²) in [4.78, 5) is 0. The molecular weight excluding hydrogens is 207 g/mol. The van der Waals surface area contributed by atoms with Gasteiger partial charge in [0.1, 0.15) is 5.82 Å². The van der Waals surface area contributed by atoms with Gasteiger partial charge in [-0.2, -0.15) is 0 Å². The third kappa shape index (κ3) is 1.32. The second-order valence-corrected chi connectivity index (χ2v) is 3.68. The van der Waals surface area contributed by atoms with Gasteiger partial charge in [-0.15, -0.1) is 0 Å². The van der Waals surface area contributed by atoms with Crippen LogP contribution in [0, 0.1) is 11.9 Å². The predicted molar refractivity (Wildman–Crippen MR) is 44.9 cm³/mol. The van der Waals surface area contributed by atoms with E-state index in [0.717, 1.165) is 18.4 Å². The number of benzene rings is 1. The van der Waals surface area contributed by atoms with E-state index in [-0.39, 0.29) is 5.82 Å². The van der Waals surface area contributed by atoms with Gasteiger partial charge in [-0.25, -0.2) is 4.39 Å². The molecule has 1 aromatic carbocycles. The molecule has 1 aliphatic carbocycles. The monoisotopic (exact) mass is 213 g/mol. The third-order valence-electron chi connectivity index (χ3n) is 1.90. The van der Waals surface area contributed by atoms with Crippen molar-refractivity contribution in [2.75, 3.05) is 0 Å². The molecule has 0 bridgehead atoms. The SMILES string of the molecule is Fc1c(C2CC2)[c]ccc1Br. The highest BCUT2D eigenvalue weighted by Crippen LogP contribution is 2.41. The van der Waals surface area contributed by atoms with Gasteiger partial charge in [0.05, 0.1) is 4.47 Å². The quantitative estimate of drug-likeness (QED) is 0.672. The number of halogens is 2. The minimum atomic E-state index is -0.130. The summed E-state index contributed by atoms with van der Waals surface area (Å²) in [6.45, 7) is 0. The van der Waals surface area contributed by atoms with Crippen LogP contribution in [-0.4, -0.2) is 0 Å². The van der Waals surface area contributed by atoms with Crippen LogP contribution in [0.15, 0.2) is 16.6 Å². The molecule has 0 saturated heterocycles. The van der Waals surface area contributed by atoms with E-state index in [2.05, 4.69) is 22.0 Å². The molecule has 0 nitrogen and oxygen atoms in total. The van der Waals surface area contributed by atoms with E-state index in [0.29, 0.717) is 10.4 Å². The van der Waals surface area contributed by atoms with Crippen LogP contribution in [0.1, 0.15) is 24.3 Å². The Kier molecular flexibility index (Phi) is 1.72. The number of rotatable bonds is 1. The van der Waals surface area contributed by atoms with Gasteiger partial charge in [0.15, 0.2) is 0 Å². The van der Waals surface area contributed by atoms with Crippen molar-refractivity contribution in [2.45, 2.75) is 18.8 Å². The Morgan fingerprint density at radius 2 is 2.27 bits per heavy atom. The van der Waals surface area contributed by atoms with Gasteiger partial charge in [0, 0.05) is 0 Å². The molecular formula is C9H7BrF. The van der Waals surface area contributed by atoms with E-state index in [9.17, 15) is 4.39 Å². The molecule has 11 heavy (non-hydrogen) atoms. The lowest BCUT2D eigenvalue weighted by atomic mass is 10.1. The van der Waals surface area contributed by atoms with Gasteiger partial charge in [-0.05, 0) is 52.4 Å². The van der Waals surface area contributed by atoms with Gasteiger partial charge in [0.25, 0.3) is 0 Å². The number of hydrogen-bond donors (Lipinski definition) is 0. The lowest BCUT2D eigenvalue weighted by Crippen LogP contribution is -1.87. The Bertz CT molecular complexity index is 279. The normalized spacial score (nSPS) is 16.9. The average Bonchev–Trinajstić information content (AvgIpc) is 2.77. The summed E-state index contributed by atoms with van der Waals surface area (Å²) in [6, 6.07) is 6.38. The molecule has 1 radical (unpaired) electrons. The smallest absolute Gasteiger partial charge is 0.141 e. The maximum absolute atomic E-state index is 13.2. The molecule has 0 atom stereocenters. The summed E-state index contributed by atoms with van der Waals surface area (Å²) < 4.78 is 13.8. The van der Waals surface area contributed by atoms with Crippen LogP contribution in [0.5, 0.6) is 0 Å². The van der Waals surface area contributed by atoms with E-state index in [1.807, 2.05) is 0 Å². The van der Waals surface area contributed by atoms with Crippen molar-refractivity contribution < 1.29 is 4.39 Å². The first kappa shape index (κ1) is 7.29. The van der Waals surface area contributed by atoms with Crippen LogP contribution in [0.2, 0.25) is 0 Å². The van der Waals surface area contributed by atoms with E-state index in [4.69, 9.17) is 0 Å². The molecule has 1 saturated carbocycles. The number of hydrogen-bond acceptors (Lipinski definition) is 0. The largest absolute Gasteiger partial charge is 0.205 e. The first-order valence-electron chi connectivity index (χ1n) is 3.64. The first-order valence-corrected chi connectivity index (χ1v) is 4.44. The molecule has 0 aromatic heterocycles. The van der Waals surface area contributed by atoms with Crippen LogP contribution in [0.4, 0.5) is 4.39 Å². The maximum atomic E-state index is 13.2. The molecule has 0 N–H and O–H groups in total. The zero-order valence-electron chi connectivity index (χ0n) is 5.90. The summed E-state index contributed by atoms with van der Waals surface area (Å²) in [5.74, 6) is 0.308. The molecule has 1 aromatic rings. The summed E-state index contributed by atoms with van der Waals surface area (Å²) in [7, 11) is 0. The summed E-state index contributed by atoms with van der Waals surface area (Å²) >= 11 is 3.15. The Morgan fingerprint density at radius 1 is 1.55 bits per heavy atom. The second kappa shape index (κ2) is 2.59. The van der Waals surface area contributed by atoms with Gasteiger partial charge in [-0.1, -0.05) is 6.07 Å². The fraction of sp³-hybridized carbons (Fsp3) is 0.333. The molecule has 1 aliphatic rings. The highest BCUT2D eigenvalue weighted by Gasteiger charge is 2.27. The molecule has 0 amide bonds.